The number of sulfone groups is 1. The molecule has 1 atom stereocenters. The Morgan fingerprint density at radius 3 is 2.65 bits per heavy atom. The second-order valence-electron chi connectivity index (χ2n) is 6.22. The van der Waals surface area contributed by atoms with E-state index in [1.807, 2.05) is 47.8 Å². The van der Waals surface area contributed by atoms with Crippen molar-refractivity contribution in [3.05, 3.63) is 59.6 Å². The Hall–Kier alpha value is -2.45. The number of thiophene rings is 1. The lowest BCUT2D eigenvalue weighted by Gasteiger charge is -2.10. The normalized spacial score (nSPS) is 18.7. The Balaban J connectivity index is 1.68. The van der Waals surface area contributed by atoms with Crippen LogP contribution in [0, 0.1) is 0 Å². The molecule has 1 aliphatic rings. The Kier molecular flexibility index (Phi) is 4.37. The molecule has 1 fully saturated rings. The molecule has 4 rings (SSSR count). The molecule has 0 saturated carbocycles. The van der Waals surface area contributed by atoms with Crippen molar-refractivity contribution >= 4 is 27.1 Å². The Morgan fingerprint density at radius 2 is 2.00 bits per heavy atom. The van der Waals surface area contributed by atoms with Gasteiger partial charge >= 0.3 is 0 Å². The second-order valence-corrected chi connectivity index (χ2v) is 9.40. The van der Waals surface area contributed by atoms with Crippen LogP contribution in [0.4, 0.5) is 0 Å². The lowest BCUT2D eigenvalue weighted by molar-refractivity contribution is 0.0942. The van der Waals surface area contributed by atoms with Crippen molar-refractivity contribution in [2.75, 3.05) is 11.5 Å². The molecule has 3 aromatic rings. The molecule has 0 bridgehead atoms. The molecular formula is C18H17N3O3S2. The summed E-state index contributed by atoms with van der Waals surface area (Å²) < 4.78 is 24.9. The van der Waals surface area contributed by atoms with Gasteiger partial charge in [-0.25, -0.2) is 13.1 Å². The molecule has 1 N–H and O–H groups in total. The number of nitrogens with one attached hydrogen (secondary N) is 1. The van der Waals surface area contributed by atoms with Gasteiger partial charge in [-0.1, -0.05) is 24.3 Å². The van der Waals surface area contributed by atoms with Gasteiger partial charge < -0.3 is 5.32 Å². The number of para-hydroxylation sites is 1. The number of carbonyl (C=O) groups is 1. The summed E-state index contributed by atoms with van der Waals surface area (Å²) in [5.41, 5.74) is 1.90. The van der Waals surface area contributed by atoms with E-state index in [9.17, 15) is 13.2 Å². The summed E-state index contributed by atoms with van der Waals surface area (Å²) in [6, 6.07) is 13.0. The van der Waals surface area contributed by atoms with Gasteiger partial charge in [-0.15, -0.1) is 11.3 Å². The maximum absolute atomic E-state index is 12.8. The van der Waals surface area contributed by atoms with Gasteiger partial charge in [0.25, 0.3) is 5.91 Å². The Bertz CT molecular complexity index is 1030. The fourth-order valence-electron chi connectivity index (χ4n) is 3.02. The number of hydrogen-bond donors (Lipinski definition) is 1. The third-order valence-corrected chi connectivity index (χ3v) is 6.95. The number of rotatable bonds is 4. The first-order valence-electron chi connectivity index (χ1n) is 8.22. The maximum atomic E-state index is 12.8. The molecule has 6 nitrogen and oxygen atoms in total. The summed E-state index contributed by atoms with van der Waals surface area (Å²) in [5, 5.41) is 9.38. The zero-order chi connectivity index (χ0) is 18.1. The molecule has 1 amide bonds. The fourth-order valence-corrected chi connectivity index (χ4v) is 5.42. The van der Waals surface area contributed by atoms with Crippen molar-refractivity contribution in [3.8, 4) is 16.3 Å². The van der Waals surface area contributed by atoms with Crippen molar-refractivity contribution in [1.29, 1.82) is 0 Å². The molecule has 1 saturated heterocycles. The van der Waals surface area contributed by atoms with E-state index in [-0.39, 0.29) is 23.5 Å². The molecule has 1 aliphatic heterocycles. The predicted octanol–water partition coefficient (Wildman–Crippen LogP) is 2.52. The largest absolute Gasteiger partial charge is 0.348 e. The van der Waals surface area contributed by atoms with Crippen LogP contribution < -0.4 is 5.32 Å². The number of aromatic nitrogens is 2. The van der Waals surface area contributed by atoms with Gasteiger partial charge in [-0.2, -0.15) is 5.10 Å². The van der Waals surface area contributed by atoms with Crippen LogP contribution >= 0.6 is 11.3 Å². The smallest absolute Gasteiger partial charge is 0.255 e. The number of carbonyl (C=O) groups excluding carboxylic acids is 1. The highest BCUT2D eigenvalue weighted by Gasteiger charge is 2.30. The van der Waals surface area contributed by atoms with Crippen LogP contribution in [0.5, 0.6) is 0 Å². The minimum Gasteiger partial charge on any atom is -0.348 e. The van der Waals surface area contributed by atoms with Gasteiger partial charge in [0.1, 0.15) is 5.69 Å². The molecule has 0 radical (unpaired) electrons. The van der Waals surface area contributed by atoms with Gasteiger partial charge in [0.2, 0.25) is 0 Å². The van der Waals surface area contributed by atoms with E-state index >= 15 is 0 Å². The van der Waals surface area contributed by atoms with Gasteiger partial charge in [0.15, 0.2) is 9.84 Å². The minimum absolute atomic E-state index is 0.000101. The van der Waals surface area contributed by atoms with Crippen LogP contribution in [0.3, 0.4) is 0 Å². The average molecular weight is 387 g/mol. The van der Waals surface area contributed by atoms with Crippen LogP contribution in [0.15, 0.2) is 54.0 Å². The van der Waals surface area contributed by atoms with E-state index in [0.717, 1.165) is 10.6 Å². The van der Waals surface area contributed by atoms with Crippen LogP contribution in [0.25, 0.3) is 16.3 Å². The summed E-state index contributed by atoms with van der Waals surface area (Å²) in [7, 11) is -3.05. The van der Waals surface area contributed by atoms with Gasteiger partial charge in [0, 0.05) is 12.2 Å². The molecule has 0 aliphatic carbocycles. The van der Waals surface area contributed by atoms with Crippen LogP contribution in [-0.2, 0) is 9.84 Å². The lowest BCUT2D eigenvalue weighted by atomic mass is 10.2. The minimum atomic E-state index is -3.05. The molecule has 134 valence electrons. The summed E-state index contributed by atoms with van der Waals surface area (Å²) in [4.78, 5) is 13.7. The average Bonchev–Trinajstić information content (AvgIpc) is 3.34. The van der Waals surface area contributed by atoms with Crippen LogP contribution in [-0.4, -0.2) is 41.7 Å². The molecule has 2 aromatic heterocycles. The van der Waals surface area contributed by atoms with Crippen molar-refractivity contribution in [3.63, 3.8) is 0 Å². The first-order valence-corrected chi connectivity index (χ1v) is 10.9. The van der Waals surface area contributed by atoms with Crippen molar-refractivity contribution in [2.24, 2.45) is 0 Å². The third kappa shape index (κ3) is 3.42. The van der Waals surface area contributed by atoms with Crippen molar-refractivity contribution < 1.29 is 13.2 Å². The molecular weight excluding hydrogens is 370 g/mol. The van der Waals surface area contributed by atoms with Gasteiger partial charge in [0.05, 0.1) is 27.6 Å². The highest BCUT2D eigenvalue weighted by atomic mass is 32.2. The third-order valence-electron chi connectivity index (χ3n) is 4.30. The van der Waals surface area contributed by atoms with E-state index in [2.05, 4.69) is 10.4 Å². The van der Waals surface area contributed by atoms with Crippen LogP contribution in [0.2, 0.25) is 0 Å². The highest BCUT2D eigenvalue weighted by molar-refractivity contribution is 7.91. The van der Waals surface area contributed by atoms with Crippen molar-refractivity contribution in [1.82, 2.24) is 15.1 Å². The SMILES string of the molecule is O=C(N[C@H]1CCS(=O)(=O)C1)c1cn(-c2ccccc2)nc1-c1cccs1. The zero-order valence-corrected chi connectivity index (χ0v) is 15.5. The molecule has 26 heavy (non-hydrogen) atoms. The quantitative estimate of drug-likeness (QED) is 0.746. The predicted molar refractivity (Wildman–Crippen MR) is 101 cm³/mol. The second kappa shape index (κ2) is 6.69. The van der Waals surface area contributed by atoms with E-state index in [0.29, 0.717) is 17.7 Å². The summed E-state index contributed by atoms with van der Waals surface area (Å²) in [5.74, 6) is -0.170. The monoisotopic (exact) mass is 387 g/mol. The topological polar surface area (TPSA) is 81.1 Å². The Morgan fingerprint density at radius 1 is 1.19 bits per heavy atom. The Labute approximate surface area is 155 Å². The molecule has 3 heterocycles. The first kappa shape index (κ1) is 17.0. The van der Waals surface area contributed by atoms with Crippen molar-refractivity contribution in [2.45, 2.75) is 12.5 Å². The number of hydrogen-bond acceptors (Lipinski definition) is 5. The molecule has 1 aromatic carbocycles. The standard InChI is InChI=1S/C18H17N3O3S2/c22-18(19-13-8-10-26(23,24)12-13)15-11-21(14-5-2-1-3-6-14)20-17(15)16-7-4-9-25-16/h1-7,9,11,13H,8,10,12H2,(H,19,22)/t13-/m0/s1. The maximum Gasteiger partial charge on any atom is 0.255 e. The van der Waals surface area contributed by atoms with Gasteiger partial charge in [-0.05, 0) is 30.0 Å². The fraction of sp³-hybridized carbons (Fsp3) is 0.222. The highest BCUT2D eigenvalue weighted by Crippen LogP contribution is 2.28. The number of nitrogens with zero attached hydrogens (tertiary/aromatic N) is 2. The molecule has 8 heteroatoms. The van der Waals surface area contributed by atoms with E-state index in [1.165, 1.54) is 11.3 Å². The summed E-state index contributed by atoms with van der Waals surface area (Å²) >= 11 is 1.51. The lowest BCUT2D eigenvalue weighted by Crippen LogP contribution is -2.35. The summed E-state index contributed by atoms with van der Waals surface area (Å²) in [6.07, 6.45) is 2.15. The molecule has 0 unspecified atom stereocenters. The number of benzene rings is 1. The number of amides is 1. The first-order chi connectivity index (χ1) is 12.5. The molecule has 0 spiro atoms. The zero-order valence-electron chi connectivity index (χ0n) is 13.8. The van der Waals surface area contributed by atoms with E-state index in [1.54, 1.807) is 10.9 Å². The van der Waals surface area contributed by atoms with Crippen LogP contribution in [0.1, 0.15) is 16.8 Å². The van der Waals surface area contributed by atoms with Gasteiger partial charge in [-0.3, -0.25) is 4.79 Å². The van der Waals surface area contributed by atoms with E-state index < -0.39 is 9.84 Å². The van der Waals surface area contributed by atoms with E-state index in [4.69, 9.17) is 0 Å². The summed E-state index contributed by atoms with van der Waals surface area (Å²) in [6.45, 7) is 0.